The molecule has 1 saturated heterocycles. The van der Waals surface area contributed by atoms with Gasteiger partial charge in [-0.2, -0.15) is 13.2 Å². The van der Waals surface area contributed by atoms with Crippen molar-refractivity contribution in [2.45, 2.75) is 44.5 Å². The van der Waals surface area contributed by atoms with E-state index in [4.69, 9.17) is 4.74 Å². The molecule has 2 aliphatic rings. The van der Waals surface area contributed by atoms with Crippen molar-refractivity contribution in [3.8, 4) is 0 Å². The van der Waals surface area contributed by atoms with E-state index in [0.29, 0.717) is 11.3 Å². The van der Waals surface area contributed by atoms with Crippen molar-refractivity contribution < 1.29 is 27.5 Å². The molecule has 0 unspecified atom stereocenters. The van der Waals surface area contributed by atoms with Crippen LogP contribution in [0.5, 0.6) is 0 Å². The van der Waals surface area contributed by atoms with Crippen LogP contribution in [0.3, 0.4) is 0 Å². The first kappa shape index (κ1) is 18.7. The molecule has 0 radical (unpaired) electrons. The molecule has 2 amide bonds. The van der Waals surface area contributed by atoms with Gasteiger partial charge in [-0.3, -0.25) is 9.59 Å². The van der Waals surface area contributed by atoms with E-state index in [-0.39, 0.29) is 24.6 Å². The molecule has 0 aliphatic carbocycles. The number of amides is 2. The monoisotopic (exact) mass is 370 g/mol. The third-order valence-electron chi connectivity index (χ3n) is 5.21. The van der Waals surface area contributed by atoms with Crippen LogP contribution in [0.4, 0.5) is 18.9 Å². The van der Waals surface area contributed by atoms with Gasteiger partial charge in [0.15, 0.2) is 6.04 Å². The fourth-order valence-electron chi connectivity index (χ4n) is 3.76. The molecule has 1 fully saturated rings. The van der Waals surface area contributed by atoms with E-state index in [0.717, 1.165) is 4.90 Å². The van der Waals surface area contributed by atoms with E-state index in [1.807, 2.05) is 0 Å². The van der Waals surface area contributed by atoms with Crippen molar-refractivity contribution in [1.29, 1.82) is 0 Å². The maximum atomic E-state index is 13.4. The molecule has 5 nitrogen and oxygen atoms in total. The SMILES string of the molecule is C[C@@H]1OCCN(C(=O)c2ccc3c(c2)C(C)(C)C(=O)N3C)[C@@H]1C(F)(F)F. The summed E-state index contributed by atoms with van der Waals surface area (Å²) in [6.45, 7) is 4.71. The minimum Gasteiger partial charge on any atom is -0.374 e. The first-order chi connectivity index (χ1) is 12.0. The summed E-state index contributed by atoms with van der Waals surface area (Å²) in [4.78, 5) is 27.5. The normalized spacial score (nSPS) is 25.4. The number of hydrogen-bond donors (Lipinski definition) is 0. The quantitative estimate of drug-likeness (QED) is 0.764. The second kappa shape index (κ2) is 5.97. The number of nitrogens with zero attached hydrogens (tertiary/aromatic N) is 2. The zero-order valence-corrected chi connectivity index (χ0v) is 15.1. The number of carbonyl (C=O) groups is 2. The number of likely N-dealkylation sites (N-methyl/N-ethyl adjacent to an activating group) is 1. The highest BCUT2D eigenvalue weighted by molar-refractivity contribution is 6.08. The molecule has 2 atom stereocenters. The number of anilines is 1. The predicted molar refractivity (Wildman–Crippen MR) is 89.2 cm³/mol. The van der Waals surface area contributed by atoms with Gasteiger partial charge in [0.2, 0.25) is 5.91 Å². The molecule has 2 aliphatic heterocycles. The van der Waals surface area contributed by atoms with Crippen LogP contribution in [0, 0.1) is 0 Å². The van der Waals surface area contributed by atoms with Gasteiger partial charge in [0, 0.05) is 24.8 Å². The number of halogens is 3. The van der Waals surface area contributed by atoms with Crippen LogP contribution < -0.4 is 4.90 Å². The number of morpholine rings is 1. The van der Waals surface area contributed by atoms with Gasteiger partial charge in [0.1, 0.15) is 0 Å². The summed E-state index contributed by atoms with van der Waals surface area (Å²) in [6.07, 6.45) is -5.71. The molecule has 0 N–H and O–H groups in total. The highest BCUT2D eigenvalue weighted by Crippen LogP contribution is 2.41. The Bertz CT molecular complexity index is 761. The van der Waals surface area contributed by atoms with Gasteiger partial charge in [-0.05, 0) is 44.5 Å². The first-order valence-corrected chi connectivity index (χ1v) is 8.38. The molecule has 0 aromatic heterocycles. The Balaban J connectivity index is 1.99. The number of alkyl halides is 3. The second-order valence-corrected chi connectivity index (χ2v) is 7.28. The number of benzene rings is 1. The van der Waals surface area contributed by atoms with Gasteiger partial charge in [0.05, 0.1) is 18.1 Å². The average molecular weight is 370 g/mol. The van der Waals surface area contributed by atoms with Crippen LogP contribution in [-0.2, 0) is 14.9 Å². The Hall–Kier alpha value is -2.09. The molecular formula is C18H21F3N2O3. The third kappa shape index (κ3) is 2.76. The van der Waals surface area contributed by atoms with E-state index < -0.39 is 29.6 Å². The number of carbonyl (C=O) groups excluding carboxylic acids is 2. The lowest BCUT2D eigenvalue weighted by atomic mass is 9.85. The highest BCUT2D eigenvalue weighted by atomic mass is 19.4. The zero-order chi connectivity index (χ0) is 19.4. The molecule has 26 heavy (non-hydrogen) atoms. The van der Waals surface area contributed by atoms with Crippen molar-refractivity contribution in [2.24, 2.45) is 0 Å². The van der Waals surface area contributed by atoms with Gasteiger partial charge >= 0.3 is 6.18 Å². The van der Waals surface area contributed by atoms with Crippen LogP contribution in [0.15, 0.2) is 18.2 Å². The van der Waals surface area contributed by atoms with E-state index in [1.54, 1.807) is 27.0 Å². The molecule has 1 aromatic rings. The molecule has 0 bridgehead atoms. The van der Waals surface area contributed by atoms with E-state index in [9.17, 15) is 22.8 Å². The Kier molecular flexibility index (Phi) is 4.29. The van der Waals surface area contributed by atoms with E-state index in [1.165, 1.54) is 24.0 Å². The van der Waals surface area contributed by atoms with Gasteiger partial charge in [-0.25, -0.2) is 0 Å². The largest absolute Gasteiger partial charge is 0.411 e. The lowest BCUT2D eigenvalue weighted by molar-refractivity contribution is -0.220. The minimum atomic E-state index is -4.58. The molecule has 3 rings (SSSR count). The highest BCUT2D eigenvalue weighted by Gasteiger charge is 2.51. The van der Waals surface area contributed by atoms with Crippen LogP contribution >= 0.6 is 0 Å². The van der Waals surface area contributed by atoms with Crippen LogP contribution in [-0.4, -0.2) is 55.2 Å². The summed E-state index contributed by atoms with van der Waals surface area (Å²) in [5.74, 6) is -0.826. The minimum absolute atomic E-state index is 0.0527. The van der Waals surface area contributed by atoms with Crippen molar-refractivity contribution >= 4 is 17.5 Å². The van der Waals surface area contributed by atoms with Gasteiger partial charge in [0.25, 0.3) is 5.91 Å². The Morgan fingerprint density at radius 3 is 2.58 bits per heavy atom. The summed E-state index contributed by atoms with van der Waals surface area (Å²) < 4.78 is 45.4. The Morgan fingerprint density at radius 2 is 1.96 bits per heavy atom. The van der Waals surface area contributed by atoms with Crippen molar-refractivity contribution in [2.75, 3.05) is 25.1 Å². The summed E-state index contributed by atoms with van der Waals surface area (Å²) in [7, 11) is 1.64. The van der Waals surface area contributed by atoms with Crippen molar-refractivity contribution in [3.05, 3.63) is 29.3 Å². The summed E-state index contributed by atoms with van der Waals surface area (Å²) in [5, 5.41) is 0. The number of fused-ring (bicyclic) bond motifs is 1. The number of rotatable bonds is 1. The maximum absolute atomic E-state index is 13.4. The summed E-state index contributed by atoms with van der Waals surface area (Å²) >= 11 is 0. The maximum Gasteiger partial charge on any atom is 0.411 e. The fraction of sp³-hybridized carbons (Fsp3) is 0.556. The van der Waals surface area contributed by atoms with Gasteiger partial charge in [-0.15, -0.1) is 0 Å². The third-order valence-corrected chi connectivity index (χ3v) is 5.21. The van der Waals surface area contributed by atoms with Crippen LogP contribution in [0.25, 0.3) is 0 Å². The zero-order valence-electron chi connectivity index (χ0n) is 15.1. The topological polar surface area (TPSA) is 49.9 Å². The van der Waals surface area contributed by atoms with Gasteiger partial charge in [-0.1, -0.05) is 0 Å². The predicted octanol–water partition coefficient (Wildman–Crippen LogP) is 2.73. The standard InChI is InChI=1S/C18H21F3N2O3/c1-10-14(18(19,20)21)23(7-8-26-10)15(24)11-5-6-13-12(9-11)17(2,3)16(25)22(13)4/h5-6,9-10,14H,7-8H2,1-4H3/t10-,14-/m0/s1. The second-order valence-electron chi connectivity index (χ2n) is 7.28. The van der Waals surface area contributed by atoms with Crippen LogP contribution in [0.2, 0.25) is 0 Å². The smallest absolute Gasteiger partial charge is 0.374 e. The van der Waals surface area contributed by atoms with E-state index >= 15 is 0 Å². The molecule has 0 spiro atoms. The molecule has 0 saturated carbocycles. The molecular weight excluding hydrogens is 349 g/mol. The average Bonchev–Trinajstić information content (AvgIpc) is 2.73. The van der Waals surface area contributed by atoms with Crippen molar-refractivity contribution in [1.82, 2.24) is 4.90 Å². The van der Waals surface area contributed by atoms with Gasteiger partial charge < -0.3 is 14.5 Å². The Labute approximate surface area is 149 Å². The fourth-order valence-corrected chi connectivity index (χ4v) is 3.76. The first-order valence-electron chi connectivity index (χ1n) is 8.38. The number of ether oxygens (including phenoxy) is 1. The lowest BCUT2D eigenvalue weighted by Gasteiger charge is -2.40. The molecule has 142 valence electrons. The summed E-state index contributed by atoms with van der Waals surface area (Å²) in [6, 6.07) is 2.63. The summed E-state index contributed by atoms with van der Waals surface area (Å²) in [5.41, 5.74) is 0.616. The Morgan fingerprint density at radius 1 is 1.31 bits per heavy atom. The van der Waals surface area contributed by atoms with Crippen LogP contribution in [0.1, 0.15) is 36.7 Å². The molecule has 1 aromatic carbocycles. The van der Waals surface area contributed by atoms with Crippen molar-refractivity contribution in [3.63, 3.8) is 0 Å². The molecule has 2 heterocycles. The number of hydrogen-bond acceptors (Lipinski definition) is 3. The van der Waals surface area contributed by atoms with E-state index in [2.05, 4.69) is 0 Å². The lowest BCUT2D eigenvalue weighted by Crippen LogP contribution is -2.59. The molecule has 8 heteroatoms.